The quantitative estimate of drug-likeness (QED) is 0.256. The van der Waals surface area contributed by atoms with Crippen LogP contribution in [0.2, 0.25) is 0 Å². The standard InChI is InChI=1S/C32H34F2N6O2/c1-7-26(41)39-16-19(5)38(15-20(39)6)25-14-27(42)40(31-18(4)11-12-36-29(31)17(2)3)32-21(25)13-23(34)30(37-32)28-22(33)9-8-10-24(28)35/h7-14,17,19-20H,1,15-16,35H2,2-6H3/t19-,20+/m0/s1. The SMILES string of the molecule is C=CC(=O)N1C[C@H](C)N(c2cc(=O)n(-c3c(C)ccnc3C(C)C)c3nc(-c4c(N)cccc4F)c(F)cc23)C[C@H]1C. The first kappa shape index (κ1) is 28.9. The molecule has 42 heavy (non-hydrogen) atoms. The lowest BCUT2D eigenvalue weighted by atomic mass is 10.0. The third-order valence-corrected chi connectivity index (χ3v) is 7.88. The van der Waals surface area contributed by atoms with Crippen molar-refractivity contribution in [3.05, 3.63) is 88.5 Å². The first-order chi connectivity index (χ1) is 19.9. The molecule has 4 aromatic rings. The summed E-state index contributed by atoms with van der Waals surface area (Å²) in [5.74, 6) is -1.72. The molecule has 0 bridgehead atoms. The van der Waals surface area contributed by atoms with Gasteiger partial charge in [-0.05, 0) is 62.6 Å². The molecule has 4 heterocycles. The van der Waals surface area contributed by atoms with Crippen LogP contribution in [0.3, 0.4) is 0 Å². The smallest absolute Gasteiger partial charge is 0.258 e. The number of nitrogens with zero attached hydrogens (tertiary/aromatic N) is 5. The molecular weight excluding hydrogens is 538 g/mol. The third kappa shape index (κ3) is 4.80. The van der Waals surface area contributed by atoms with E-state index < -0.39 is 17.2 Å². The first-order valence-corrected chi connectivity index (χ1v) is 13.9. The fourth-order valence-electron chi connectivity index (χ4n) is 5.79. The summed E-state index contributed by atoms with van der Waals surface area (Å²) in [6.45, 7) is 14.0. The Morgan fingerprint density at radius 1 is 1.12 bits per heavy atom. The van der Waals surface area contributed by atoms with Crippen molar-refractivity contribution >= 4 is 28.3 Å². The Balaban J connectivity index is 1.85. The van der Waals surface area contributed by atoms with Crippen molar-refractivity contribution in [2.45, 2.75) is 52.6 Å². The zero-order chi connectivity index (χ0) is 30.5. The van der Waals surface area contributed by atoms with Gasteiger partial charge in [-0.15, -0.1) is 0 Å². The van der Waals surface area contributed by atoms with E-state index >= 15 is 8.78 Å². The number of anilines is 2. The van der Waals surface area contributed by atoms with Crippen molar-refractivity contribution in [2.24, 2.45) is 0 Å². The molecule has 1 amide bonds. The van der Waals surface area contributed by atoms with Crippen molar-refractivity contribution in [3.63, 3.8) is 0 Å². The lowest BCUT2D eigenvalue weighted by Gasteiger charge is -2.45. The van der Waals surface area contributed by atoms with Gasteiger partial charge in [0.1, 0.15) is 17.2 Å². The minimum Gasteiger partial charge on any atom is -0.398 e. The van der Waals surface area contributed by atoms with Crippen LogP contribution in [-0.2, 0) is 4.79 Å². The number of carbonyl (C=O) groups is 1. The maximum Gasteiger partial charge on any atom is 0.258 e. The highest BCUT2D eigenvalue weighted by molar-refractivity contribution is 5.94. The summed E-state index contributed by atoms with van der Waals surface area (Å²) >= 11 is 0. The van der Waals surface area contributed by atoms with E-state index in [0.29, 0.717) is 35.5 Å². The fraction of sp³-hybridized carbons (Fsp3) is 0.312. The maximum absolute atomic E-state index is 16.0. The number of carbonyl (C=O) groups excluding carboxylic acids is 1. The molecule has 0 unspecified atom stereocenters. The molecule has 1 aliphatic heterocycles. The van der Waals surface area contributed by atoms with E-state index in [1.165, 1.54) is 41.0 Å². The topological polar surface area (TPSA) is 97.4 Å². The van der Waals surface area contributed by atoms with E-state index in [4.69, 9.17) is 5.73 Å². The number of nitrogen functional groups attached to an aromatic ring is 1. The van der Waals surface area contributed by atoms with Gasteiger partial charge in [-0.1, -0.05) is 26.5 Å². The third-order valence-electron chi connectivity index (χ3n) is 7.88. The Bertz CT molecular complexity index is 1760. The number of aromatic nitrogens is 3. The molecular formula is C32H34F2N6O2. The van der Waals surface area contributed by atoms with Crippen molar-refractivity contribution in [1.82, 2.24) is 19.4 Å². The maximum atomic E-state index is 16.0. The van der Waals surface area contributed by atoms with Crippen molar-refractivity contribution in [2.75, 3.05) is 23.7 Å². The summed E-state index contributed by atoms with van der Waals surface area (Å²) in [5.41, 5.74) is 7.87. The highest BCUT2D eigenvalue weighted by atomic mass is 19.1. The van der Waals surface area contributed by atoms with Crippen LogP contribution in [0.15, 0.2) is 60.0 Å². The second-order valence-electron chi connectivity index (χ2n) is 11.2. The number of nitrogens with two attached hydrogens (primary N) is 1. The molecule has 2 N–H and O–H groups in total. The molecule has 0 aliphatic carbocycles. The number of piperazine rings is 1. The molecule has 1 aliphatic rings. The first-order valence-electron chi connectivity index (χ1n) is 13.9. The van der Waals surface area contributed by atoms with Gasteiger partial charge < -0.3 is 15.5 Å². The second kappa shape index (κ2) is 11.0. The number of hydrogen-bond donors (Lipinski definition) is 1. The van der Waals surface area contributed by atoms with E-state index in [9.17, 15) is 9.59 Å². The lowest BCUT2D eigenvalue weighted by Crippen LogP contribution is -2.58. The summed E-state index contributed by atoms with van der Waals surface area (Å²) < 4.78 is 32.4. The summed E-state index contributed by atoms with van der Waals surface area (Å²) in [7, 11) is 0. The number of aryl methyl sites for hydroxylation is 1. The Hall–Kier alpha value is -4.60. The van der Waals surface area contributed by atoms with Gasteiger partial charge in [0.15, 0.2) is 5.82 Å². The van der Waals surface area contributed by atoms with Gasteiger partial charge in [0.05, 0.1) is 22.6 Å². The van der Waals surface area contributed by atoms with Crippen LogP contribution in [0.25, 0.3) is 28.0 Å². The van der Waals surface area contributed by atoms with Crippen LogP contribution in [0.1, 0.15) is 44.9 Å². The monoisotopic (exact) mass is 572 g/mol. The molecule has 10 heteroatoms. The van der Waals surface area contributed by atoms with Gasteiger partial charge >= 0.3 is 0 Å². The largest absolute Gasteiger partial charge is 0.398 e. The summed E-state index contributed by atoms with van der Waals surface area (Å²) in [5, 5.41) is 0.367. The molecule has 0 radical (unpaired) electrons. The molecule has 5 rings (SSSR count). The minimum atomic E-state index is -0.779. The van der Waals surface area contributed by atoms with Gasteiger partial charge in [0.2, 0.25) is 5.91 Å². The van der Waals surface area contributed by atoms with Crippen LogP contribution < -0.4 is 16.2 Å². The van der Waals surface area contributed by atoms with Crippen molar-refractivity contribution in [3.8, 4) is 16.9 Å². The Kier molecular flexibility index (Phi) is 7.57. The molecule has 0 saturated carbocycles. The van der Waals surface area contributed by atoms with Crippen molar-refractivity contribution in [1.29, 1.82) is 0 Å². The van der Waals surface area contributed by atoms with E-state index in [1.54, 1.807) is 17.2 Å². The fourth-order valence-corrected chi connectivity index (χ4v) is 5.79. The summed E-state index contributed by atoms with van der Waals surface area (Å²) in [4.78, 5) is 39.5. The van der Waals surface area contributed by atoms with Gasteiger partial charge in [-0.2, -0.15) is 0 Å². The Morgan fingerprint density at radius 3 is 2.52 bits per heavy atom. The van der Waals surface area contributed by atoms with Gasteiger partial charge in [-0.25, -0.2) is 13.8 Å². The predicted molar refractivity (Wildman–Crippen MR) is 162 cm³/mol. The molecule has 1 saturated heterocycles. The predicted octanol–water partition coefficient (Wildman–Crippen LogP) is 5.35. The Morgan fingerprint density at radius 2 is 1.86 bits per heavy atom. The molecule has 1 fully saturated rings. The number of fused-ring (bicyclic) bond motifs is 1. The zero-order valence-electron chi connectivity index (χ0n) is 24.4. The highest BCUT2D eigenvalue weighted by Gasteiger charge is 2.33. The number of rotatable bonds is 5. The van der Waals surface area contributed by atoms with E-state index in [-0.39, 0.29) is 46.5 Å². The number of amides is 1. The zero-order valence-corrected chi connectivity index (χ0v) is 24.4. The van der Waals surface area contributed by atoms with Crippen LogP contribution in [0, 0.1) is 18.6 Å². The van der Waals surface area contributed by atoms with Crippen molar-refractivity contribution < 1.29 is 13.6 Å². The van der Waals surface area contributed by atoms with Gasteiger partial charge in [-0.3, -0.25) is 19.1 Å². The number of halogens is 2. The molecule has 3 aromatic heterocycles. The van der Waals surface area contributed by atoms with Gasteiger partial charge in [0.25, 0.3) is 5.56 Å². The van der Waals surface area contributed by atoms with E-state index in [2.05, 4.69) is 16.5 Å². The average molecular weight is 573 g/mol. The van der Waals surface area contributed by atoms with Crippen LogP contribution in [0.5, 0.6) is 0 Å². The summed E-state index contributed by atoms with van der Waals surface area (Å²) in [6.07, 6.45) is 2.97. The highest BCUT2D eigenvalue weighted by Crippen LogP contribution is 2.36. The summed E-state index contributed by atoms with van der Waals surface area (Å²) in [6, 6.07) is 8.26. The molecule has 1 aromatic carbocycles. The normalized spacial score (nSPS) is 17.2. The molecule has 0 spiro atoms. The molecule has 2 atom stereocenters. The second-order valence-corrected chi connectivity index (χ2v) is 11.2. The van der Waals surface area contributed by atoms with E-state index in [0.717, 1.165) is 5.56 Å². The number of benzene rings is 1. The minimum absolute atomic E-state index is 0.0247. The Labute approximate surface area is 243 Å². The van der Waals surface area contributed by atoms with Crippen LogP contribution in [-0.4, -0.2) is 50.5 Å². The molecule has 218 valence electrons. The van der Waals surface area contributed by atoms with Crippen LogP contribution in [0.4, 0.5) is 20.2 Å². The van der Waals surface area contributed by atoms with Crippen LogP contribution >= 0.6 is 0 Å². The molecule has 8 nitrogen and oxygen atoms in total. The number of hydrogen-bond acceptors (Lipinski definition) is 6. The number of pyridine rings is 3. The average Bonchev–Trinajstić information content (AvgIpc) is 2.94. The lowest BCUT2D eigenvalue weighted by molar-refractivity contribution is -0.128. The van der Waals surface area contributed by atoms with E-state index in [1.807, 2.05) is 39.5 Å². The van der Waals surface area contributed by atoms with Gasteiger partial charge in [0, 0.05) is 48.5 Å².